The molecule has 0 bridgehead atoms. The summed E-state index contributed by atoms with van der Waals surface area (Å²) in [7, 11) is 0. The molecule has 0 spiro atoms. The Balaban J connectivity index is 1.86. The molecule has 1 unspecified atom stereocenters. The second-order valence-electron chi connectivity index (χ2n) is 4.89. The van der Waals surface area contributed by atoms with Crippen LogP contribution >= 0.6 is 11.3 Å². The Kier molecular flexibility index (Phi) is 5.27. The van der Waals surface area contributed by atoms with E-state index < -0.39 is 23.9 Å². The maximum atomic E-state index is 12.4. The number of aliphatic hydroxyl groups excluding tert-OH is 1. The summed E-state index contributed by atoms with van der Waals surface area (Å²) in [4.78, 5) is 12.5. The van der Waals surface area contributed by atoms with E-state index in [2.05, 4.69) is 10.6 Å². The van der Waals surface area contributed by atoms with Crippen LogP contribution in [0.15, 0.2) is 35.7 Å². The average Bonchev–Trinajstić information content (AvgIpc) is 2.90. The van der Waals surface area contributed by atoms with Crippen molar-refractivity contribution in [3.63, 3.8) is 0 Å². The zero-order valence-electron chi connectivity index (χ0n) is 12.1. The van der Waals surface area contributed by atoms with E-state index in [-0.39, 0.29) is 12.2 Å². The molecule has 1 aromatic carbocycles. The van der Waals surface area contributed by atoms with Gasteiger partial charge in [0.25, 0.3) is 0 Å². The van der Waals surface area contributed by atoms with Gasteiger partial charge in [-0.2, -0.15) is 13.2 Å². The first-order valence-electron chi connectivity index (χ1n) is 6.71. The van der Waals surface area contributed by atoms with Crippen LogP contribution in [0, 0.1) is 6.92 Å². The van der Waals surface area contributed by atoms with Crippen LogP contribution < -0.4 is 10.6 Å². The number of rotatable bonds is 4. The van der Waals surface area contributed by atoms with Gasteiger partial charge in [-0.15, -0.1) is 11.3 Å². The van der Waals surface area contributed by atoms with Gasteiger partial charge < -0.3 is 15.7 Å². The van der Waals surface area contributed by atoms with Crippen molar-refractivity contribution in [2.45, 2.75) is 19.2 Å². The number of aliphatic hydroxyl groups is 1. The monoisotopic (exact) mass is 344 g/mol. The van der Waals surface area contributed by atoms with Gasteiger partial charge >= 0.3 is 12.2 Å². The lowest BCUT2D eigenvalue weighted by molar-refractivity contribution is -0.137. The van der Waals surface area contributed by atoms with Gasteiger partial charge in [0.2, 0.25) is 0 Å². The first-order chi connectivity index (χ1) is 10.8. The lowest BCUT2D eigenvalue weighted by Crippen LogP contribution is -2.32. The Morgan fingerprint density at radius 2 is 1.91 bits per heavy atom. The lowest BCUT2D eigenvalue weighted by atomic mass is 10.2. The van der Waals surface area contributed by atoms with Crippen LogP contribution in [-0.4, -0.2) is 17.7 Å². The first-order valence-corrected chi connectivity index (χ1v) is 7.59. The maximum absolute atomic E-state index is 12.4. The van der Waals surface area contributed by atoms with Crippen LogP contribution in [-0.2, 0) is 6.18 Å². The summed E-state index contributed by atoms with van der Waals surface area (Å²) in [5.41, 5.74) is 0.386. The predicted octanol–water partition coefficient (Wildman–Crippen LogP) is 3.93. The highest BCUT2D eigenvalue weighted by Crippen LogP contribution is 2.29. The van der Waals surface area contributed by atoms with Crippen molar-refractivity contribution in [3.05, 3.63) is 51.7 Å². The predicted molar refractivity (Wildman–Crippen MR) is 82.5 cm³/mol. The van der Waals surface area contributed by atoms with Crippen LogP contribution in [0.2, 0.25) is 0 Å². The van der Waals surface area contributed by atoms with Gasteiger partial charge in [0.1, 0.15) is 6.10 Å². The quantitative estimate of drug-likeness (QED) is 0.787. The third kappa shape index (κ3) is 4.70. The Bertz CT molecular complexity index is 668. The largest absolute Gasteiger partial charge is 0.416 e. The van der Waals surface area contributed by atoms with Gasteiger partial charge in [-0.05, 0) is 48.2 Å². The fraction of sp³-hybridized carbons (Fsp3) is 0.267. The fourth-order valence-electron chi connectivity index (χ4n) is 1.93. The molecular weight excluding hydrogens is 329 g/mol. The number of anilines is 1. The molecule has 0 saturated heterocycles. The van der Waals surface area contributed by atoms with Gasteiger partial charge in [-0.3, -0.25) is 0 Å². The van der Waals surface area contributed by atoms with Crippen molar-refractivity contribution >= 4 is 23.1 Å². The lowest BCUT2D eigenvalue weighted by Gasteiger charge is -2.13. The summed E-state index contributed by atoms with van der Waals surface area (Å²) in [5.74, 6) is 0. The zero-order chi connectivity index (χ0) is 17.0. The summed E-state index contributed by atoms with van der Waals surface area (Å²) >= 11 is 1.39. The number of halogens is 3. The van der Waals surface area contributed by atoms with Gasteiger partial charge in [0, 0.05) is 10.6 Å². The van der Waals surface area contributed by atoms with Crippen molar-refractivity contribution in [1.82, 2.24) is 5.32 Å². The molecule has 124 valence electrons. The number of benzene rings is 1. The minimum absolute atomic E-state index is 0.00776. The number of hydrogen-bond donors (Lipinski definition) is 3. The summed E-state index contributed by atoms with van der Waals surface area (Å²) < 4.78 is 37.3. The van der Waals surface area contributed by atoms with Crippen molar-refractivity contribution < 1.29 is 23.1 Å². The van der Waals surface area contributed by atoms with E-state index in [4.69, 9.17) is 0 Å². The van der Waals surface area contributed by atoms with E-state index in [1.165, 1.54) is 23.5 Å². The number of carbonyl (C=O) groups excluding carboxylic acids is 1. The van der Waals surface area contributed by atoms with Gasteiger partial charge in [0.15, 0.2) is 0 Å². The summed E-state index contributed by atoms with van der Waals surface area (Å²) in [5, 5.41) is 16.7. The molecule has 1 heterocycles. The summed E-state index contributed by atoms with van der Waals surface area (Å²) in [6, 6.07) is 5.38. The second kappa shape index (κ2) is 7.01. The van der Waals surface area contributed by atoms with Crippen molar-refractivity contribution in [1.29, 1.82) is 0 Å². The normalized spacial score (nSPS) is 12.7. The molecule has 1 atom stereocenters. The molecule has 0 radical (unpaired) electrons. The third-order valence-corrected chi connectivity index (χ3v) is 4.25. The summed E-state index contributed by atoms with van der Waals surface area (Å²) in [6.07, 6.45) is -5.24. The summed E-state index contributed by atoms with van der Waals surface area (Å²) in [6.45, 7) is 1.87. The molecule has 23 heavy (non-hydrogen) atoms. The second-order valence-corrected chi connectivity index (χ2v) is 5.84. The van der Waals surface area contributed by atoms with Crippen molar-refractivity contribution in [2.75, 3.05) is 11.9 Å². The van der Waals surface area contributed by atoms with Crippen LogP contribution in [0.3, 0.4) is 0 Å². The SMILES string of the molecule is Cc1ccsc1C(O)CNC(=O)Nc1ccc(C(F)(F)F)cc1. The van der Waals surface area contributed by atoms with Crippen LogP contribution in [0.1, 0.15) is 22.1 Å². The van der Waals surface area contributed by atoms with Crippen molar-refractivity contribution in [3.8, 4) is 0 Å². The number of carbonyl (C=O) groups is 1. The van der Waals surface area contributed by atoms with Crippen molar-refractivity contribution in [2.24, 2.45) is 0 Å². The number of alkyl halides is 3. The Labute approximate surface area is 135 Å². The molecule has 0 aliphatic rings. The third-order valence-electron chi connectivity index (χ3n) is 3.13. The highest BCUT2D eigenvalue weighted by Gasteiger charge is 2.29. The Morgan fingerprint density at radius 3 is 2.43 bits per heavy atom. The smallest absolute Gasteiger partial charge is 0.386 e. The van der Waals surface area contributed by atoms with E-state index in [9.17, 15) is 23.1 Å². The minimum atomic E-state index is -4.41. The molecule has 0 aliphatic carbocycles. The molecule has 0 aliphatic heterocycles. The van der Waals surface area contributed by atoms with Crippen LogP contribution in [0.25, 0.3) is 0 Å². The van der Waals surface area contributed by atoms with E-state index in [0.29, 0.717) is 0 Å². The fourth-order valence-corrected chi connectivity index (χ4v) is 2.84. The average molecular weight is 344 g/mol. The molecule has 8 heteroatoms. The number of nitrogens with one attached hydrogen (secondary N) is 2. The Morgan fingerprint density at radius 1 is 1.26 bits per heavy atom. The number of amides is 2. The molecule has 4 nitrogen and oxygen atoms in total. The number of aryl methyl sites for hydroxylation is 1. The highest BCUT2D eigenvalue weighted by atomic mass is 32.1. The molecule has 2 amide bonds. The zero-order valence-corrected chi connectivity index (χ0v) is 13.0. The van der Waals surface area contributed by atoms with E-state index in [1.54, 1.807) is 0 Å². The van der Waals surface area contributed by atoms with Gasteiger partial charge in [-0.25, -0.2) is 4.79 Å². The van der Waals surface area contributed by atoms with Gasteiger partial charge in [-0.1, -0.05) is 0 Å². The highest BCUT2D eigenvalue weighted by molar-refractivity contribution is 7.10. The first kappa shape index (κ1) is 17.3. The number of urea groups is 1. The molecular formula is C15H15F3N2O2S. The number of thiophene rings is 1. The van der Waals surface area contributed by atoms with E-state index >= 15 is 0 Å². The topological polar surface area (TPSA) is 61.4 Å². The molecule has 1 aromatic heterocycles. The number of hydrogen-bond acceptors (Lipinski definition) is 3. The minimum Gasteiger partial charge on any atom is -0.386 e. The molecule has 2 aromatic rings. The molecule has 3 N–H and O–H groups in total. The standard InChI is InChI=1S/C15H15F3N2O2S/c1-9-6-7-23-13(9)12(21)8-19-14(22)20-11-4-2-10(3-5-11)15(16,17)18/h2-7,12,21H,8H2,1H3,(H2,19,20,22). The van der Waals surface area contributed by atoms with E-state index in [0.717, 1.165) is 22.6 Å². The van der Waals surface area contributed by atoms with E-state index in [1.807, 2.05) is 18.4 Å². The molecule has 0 fully saturated rings. The molecule has 0 saturated carbocycles. The van der Waals surface area contributed by atoms with Crippen LogP contribution in [0.5, 0.6) is 0 Å². The maximum Gasteiger partial charge on any atom is 0.416 e. The van der Waals surface area contributed by atoms with Gasteiger partial charge in [0.05, 0.1) is 12.1 Å². The van der Waals surface area contributed by atoms with Crippen LogP contribution in [0.4, 0.5) is 23.7 Å². The molecule has 2 rings (SSSR count). The Hall–Kier alpha value is -2.06.